The first kappa shape index (κ1) is 20.0. The third-order valence-corrected chi connectivity index (χ3v) is 6.17. The van der Waals surface area contributed by atoms with Crippen LogP contribution in [0.2, 0.25) is 10.0 Å². The third kappa shape index (κ3) is 3.79. The molecule has 1 atom stereocenters. The van der Waals surface area contributed by atoms with Crippen LogP contribution in [0.25, 0.3) is 0 Å². The fourth-order valence-corrected chi connectivity index (χ4v) is 4.46. The maximum Gasteiger partial charge on any atom is 0.232 e. The monoisotopic (exact) mass is 429 g/mol. The van der Waals surface area contributed by atoms with Crippen molar-refractivity contribution < 1.29 is 14.3 Å². The average Bonchev–Trinajstić information content (AvgIpc) is 2.71. The fraction of sp³-hybridized carbons (Fsp3) is 0.304. The van der Waals surface area contributed by atoms with Gasteiger partial charge in [-0.3, -0.25) is 14.5 Å². The van der Waals surface area contributed by atoms with Gasteiger partial charge in [-0.05, 0) is 55.7 Å². The van der Waals surface area contributed by atoms with Crippen molar-refractivity contribution in [3.63, 3.8) is 0 Å². The smallest absolute Gasteiger partial charge is 0.232 e. The molecule has 2 aromatic carbocycles. The van der Waals surface area contributed by atoms with Crippen LogP contribution in [-0.2, 0) is 9.59 Å². The van der Waals surface area contributed by atoms with Gasteiger partial charge in [-0.2, -0.15) is 0 Å². The molecule has 0 saturated heterocycles. The summed E-state index contributed by atoms with van der Waals surface area (Å²) in [5, 5.41) is 0.816. The van der Waals surface area contributed by atoms with Crippen molar-refractivity contribution in [2.75, 3.05) is 11.5 Å². The van der Waals surface area contributed by atoms with Crippen molar-refractivity contribution in [2.45, 2.75) is 38.5 Å². The van der Waals surface area contributed by atoms with Crippen LogP contribution in [0.5, 0.6) is 5.75 Å². The van der Waals surface area contributed by atoms with Gasteiger partial charge in [0.1, 0.15) is 5.75 Å². The number of allylic oxidation sites excluding steroid dienone is 2. The molecule has 0 aromatic heterocycles. The molecular weight excluding hydrogens is 409 g/mol. The Morgan fingerprint density at radius 1 is 1.03 bits per heavy atom. The van der Waals surface area contributed by atoms with Crippen molar-refractivity contribution in [1.82, 2.24) is 0 Å². The third-order valence-electron chi connectivity index (χ3n) is 5.43. The van der Waals surface area contributed by atoms with Gasteiger partial charge < -0.3 is 4.74 Å². The number of rotatable bonds is 4. The minimum Gasteiger partial charge on any atom is -0.494 e. The van der Waals surface area contributed by atoms with E-state index < -0.39 is 0 Å². The van der Waals surface area contributed by atoms with Gasteiger partial charge in [0.15, 0.2) is 5.78 Å². The first-order valence-electron chi connectivity index (χ1n) is 9.76. The second-order valence-corrected chi connectivity index (χ2v) is 8.04. The van der Waals surface area contributed by atoms with Gasteiger partial charge in [0.25, 0.3) is 0 Å². The molecule has 0 bridgehead atoms. The summed E-state index contributed by atoms with van der Waals surface area (Å²) in [7, 11) is 0. The topological polar surface area (TPSA) is 46.6 Å². The molecule has 1 aliphatic carbocycles. The lowest BCUT2D eigenvalue weighted by Gasteiger charge is -2.38. The van der Waals surface area contributed by atoms with Crippen LogP contribution >= 0.6 is 23.2 Å². The van der Waals surface area contributed by atoms with Crippen molar-refractivity contribution in [3.8, 4) is 5.75 Å². The predicted molar refractivity (Wildman–Crippen MR) is 115 cm³/mol. The highest BCUT2D eigenvalue weighted by molar-refractivity contribution is 6.42. The summed E-state index contributed by atoms with van der Waals surface area (Å²) in [4.78, 5) is 27.8. The highest BCUT2D eigenvalue weighted by atomic mass is 35.5. The molecule has 1 unspecified atom stereocenters. The molecular formula is C23H21Cl2NO3. The van der Waals surface area contributed by atoms with Gasteiger partial charge in [0.05, 0.1) is 22.3 Å². The number of hydrogen-bond acceptors (Lipinski definition) is 3. The number of ketones is 1. The van der Waals surface area contributed by atoms with Gasteiger partial charge in [0, 0.05) is 30.0 Å². The average molecular weight is 430 g/mol. The van der Waals surface area contributed by atoms with Gasteiger partial charge >= 0.3 is 0 Å². The summed E-state index contributed by atoms with van der Waals surface area (Å²) < 4.78 is 5.52. The lowest BCUT2D eigenvalue weighted by Crippen LogP contribution is -2.40. The molecule has 0 N–H and O–H groups in total. The van der Waals surface area contributed by atoms with E-state index >= 15 is 0 Å². The summed E-state index contributed by atoms with van der Waals surface area (Å²) in [6, 6.07) is 12.8. The van der Waals surface area contributed by atoms with E-state index in [1.807, 2.05) is 31.2 Å². The van der Waals surface area contributed by atoms with Crippen molar-refractivity contribution in [1.29, 1.82) is 0 Å². The molecule has 1 heterocycles. The van der Waals surface area contributed by atoms with Crippen molar-refractivity contribution in [2.24, 2.45) is 0 Å². The van der Waals surface area contributed by atoms with E-state index in [0.29, 0.717) is 35.2 Å². The first-order valence-corrected chi connectivity index (χ1v) is 10.5. The Bertz CT molecular complexity index is 998. The largest absolute Gasteiger partial charge is 0.494 e. The number of ether oxygens (including phenoxy) is 1. The zero-order chi connectivity index (χ0) is 20.5. The summed E-state index contributed by atoms with van der Waals surface area (Å²) >= 11 is 12.2. The van der Waals surface area contributed by atoms with Crippen LogP contribution < -0.4 is 9.64 Å². The number of carbonyl (C=O) groups excluding carboxylic acids is 2. The zero-order valence-electron chi connectivity index (χ0n) is 16.1. The number of hydrogen-bond donors (Lipinski definition) is 0. The molecule has 0 saturated carbocycles. The van der Waals surface area contributed by atoms with Gasteiger partial charge in [0.2, 0.25) is 5.91 Å². The number of nitrogens with zero attached hydrogens (tertiary/aromatic N) is 1. The highest BCUT2D eigenvalue weighted by Gasteiger charge is 2.39. The second-order valence-electron chi connectivity index (χ2n) is 7.22. The van der Waals surface area contributed by atoms with Crippen LogP contribution in [-0.4, -0.2) is 18.3 Å². The molecule has 2 aromatic rings. The molecule has 1 aliphatic heterocycles. The molecule has 4 nitrogen and oxygen atoms in total. The Balaban J connectivity index is 1.79. The molecule has 29 heavy (non-hydrogen) atoms. The van der Waals surface area contributed by atoms with Gasteiger partial charge in [-0.15, -0.1) is 0 Å². The van der Waals surface area contributed by atoms with E-state index in [9.17, 15) is 9.59 Å². The maximum absolute atomic E-state index is 13.2. The van der Waals surface area contributed by atoms with E-state index in [2.05, 4.69) is 0 Å². The summed E-state index contributed by atoms with van der Waals surface area (Å²) in [5.41, 5.74) is 3.14. The lowest BCUT2D eigenvalue weighted by molar-refractivity contribution is -0.119. The zero-order valence-corrected chi connectivity index (χ0v) is 17.6. The summed E-state index contributed by atoms with van der Waals surface area (Å²) in [5.74, 6) is 0.610. The van der Waals surface area contributed by atoms with Crippen LogP contribution in [0.4, 0.5) is 5.69 Å². The Kier molecular flexibility index (Phi) is 5.66. The Hall–Kier alpha value is -2.30. The normalized spacial score (nSPS) is 19.4. The van der Waals surface area contributed by atoms with E-state index in [4.69, 9.17) is 27.9 Å². The minimum absolute atomic E-state index is 0.0456. The molecule has 1 amide bonds. The van der Waals surface area contributed by atoms with E-state index in [1.165, 1.54) is 0 Å². The Morgan fingerprint density at radius 2 is 1.79 bits per heavy atom. The van der Waals surface area contributed by atoms with Crippen LogP contribution in [0.1, 0.15) is 44.1 Å². The number of amides is 1. The molecule has 150 valence electrons. The number of Topliss-reactive ketones (excluding diaryl/α,β-unsaturated/α-hetero) is 1. The standard InChI is InChI=1S/C23H21Cl2NO3/c1-2-29-16-9-6-14(7-10-16)17-13-22(28)26(15-8-11-18(24)19(25)12-15)20-4-3-5-21(27)23(17)20/h6-12,17H,2-5,13H2,1H3. The maximum atomic E-state index is 13.2. The van der Waals surface area contributed by atoms with E-state index in [0.717, 1.165) is 29.0 Å². The second kappa shape index (κ2) is 8.21. The quantitative estimate of drug-likeness (QED) is 0.605. The highest BCUT2D eigenvalue weighted by Crippen LogP contribution is 2.44. The van der Waals surface area contributed by atoms with E-state index in [-0.39, 0.29) is 24.0 Å². The van der Waals surface area contributed by atoms with Gasteiger partial charge in [-0.1, -0.05) is 35.3 Å². The number of halogens is 2. The fourth-order valence-electron chi connectivity index (χ4n) is 4.16. The van der Waals surface area contributed by atoms with Crippen molar-refractivity contribution >= 4 is 40.6 Å². The summed E-state index contributed by atoms with van der Waals surface area (Å²) in [6.07, 6.45) is 2.16. The number of carbonyl (C=O) groups is 2. The molecule has 2 aliphatic rings. The minimum atomic E-state index is -0.236. The molecule has 0 spiro atoms. The number of benzene rings is 2. The van der Waals surface area contributed by atoms with Crippen LogP contribution in [0, 0.1) is 0 Å². The first-order chi connectivity index (χ1) is 14.0. The predicted octanol–water partition coefficient (Wildman–Crippen LogP) is 5.92. The van der Waals surface area contributed by atoms with Gasteiger partial charge in [-0.25, -0.2) is 0 Å². The summed E-state index contributed by atoms with van der Waals surface area (Å²) in [6.45, 7) is 2.52. The molecule has 0 fully saturated rings. The molecule has 0 radical (unpaired) electrons. The van der Waals surface area contributed by atoms with Crippen LogP contribution in [0.3, 0.4) is 0 Å². The molecule has 6 heteroatoms. The molecule has 4 rings (SSSR count). The van der Waals surface area contributed by atoms with Crippen LogP contribution in [0.15, 0.2) is 53.7 Å². The van der Waals surface area contributed by atoms with E-state index in [1.54, 1.807) is 23.1 Å². The SMILES string of the molecule is CCOc1ccc(C2CC(=O)N(c3ccc(Cl)c(Cl)c3)C3=C2C(=O)CCC3)cc1. The number of anilines is 1. The Labute approximate surface area is 180 Å². The van der Waals surface area contributed by atoms with Crippen molar-refractivity contribution in [3.05, 3.63) is 69.3 Å². The lowest BCUT2D eigenvalue weighted by atomic mass is 9.77. The Morgan fingerprint density at radius 3 is 2.48 bits per heavy atom.